The molecule has 0 saturated carbocycles. The van der Waals surface area contributed by atoms with E-state index in [0.717, 1.165) is 43.5 Å². The van der Waals surface area contributed by atoms with Crippen LogP contribution in [0.3, 0.4) is 0 Å². The first kappa shape index (κ1) is 22.0. The number of rotatable bonds is 0. The van der Waals surface area contributed by atoms with Crippen molar-refractivity contribution >= 4 is 28.8 Å². The summed E-state index contributed by atoms with van der Waals surface area (Å²) in [4.78, 5) is 18.1. The molecule has 0 aliphatic carbocycles. The molecule has 4 rings (SSSR count). The van der Waals surface area contributed by atoms with Crippen LogP contribution in [0.2, 0.25) is 0 Å². The largest absolute Gasteiger partial charge is 0.494 e. The Morgan fingerprint density at radius 3 is 2.94 bits per heavy atom. The molecule has 1 aromatic carbocycles. The van der Waals surface area contributed by atoms with E-state index in [-0.39, 0.29) is 5.88 Å². The molecule has 1 atom stereocenters. The Labute approximate surface area is 187 Å². The monoisotopic (exact) mass is 438 g/mol. The zero-order valence-electron chi connectivity index (χ0n) is 18.3. The van der Waals surface area contributed by atoms with Gasteiger partial charge in [0.05, 0.1) is 23.2 Å². The lowest BCUT2D eigenvalue weighted by Crippen LogP contribution is -2.36. The van der Waals surface area contributed by atoms with Crippen molar-refractivity contribution in [3.8, 4) is 11.6 Å². The van der Waals surface area contributed by atoms with Crippen LogP contribution >= 0.6 is 0 Å². The van der Waals surface area contributed by atoms with Gasteiger partial charge in [-0.3, -0.25) is 10.3 Å². The van der Waals surface area contributed by atoms with Crippen LogP contribution in [0.5, 0.6) is 11.6 Å². The van der Waals surface area contributed by atoms with Crippen molar-refractivity contribution in [2.75, 3.05) is 31.6 Å². The Hall–Kier alpha value is -3.17. The number of likely N-dealkylation sites (N-methyl/N-ethyl adjacent to an activating group) is 1. The fourth-order valence-electron chi connectivity index (χ4n) is 3.81. The van der Waals surface area contributed by atoms with E-state index in [1.54, 1.807) is 6.21 Å². The standard InChI is InChI=1S/C23H30N6O3/c1-29-11-10-24-19(30)9-4-2-3-5-12-32-17-8-6-7-16(13-17)25-14-18-20-21(28-23(18)31)26-15-27-22(20)29/h6-8,13-15,19,24,30-31H,2-5,9-12H2,1H3,(H,26,27,28). The average molecular weight is 439 g/mol. The van der Waals surface area contributed by atoms with E-state index in [9.17, 15) is 10.2 Å². The molecule has 0 fully saturated rings. The zero-order valence-corrected chi connectivity index (χ0v) is 18.3. The maximum absolute atomic E-state index is 10.5. The Morgan fingerprint density at radius 1 is 1.16 bits per heavy atom. The number of H-pyrrole nitrogens is 1. The van der Waals surface area contributed by atoms with Crippen LogP contribution in [0, 0.1) is 0 Å². The Kier molecular flexibility index (Phi) is 7.18. The molecular formula is C23H30N6O3. The molecule has 9 nitrogen and oxygen atoms in total. The summed E-state index contributed by atoms with van der Waals surface area (Å²) in [6.07, 6.45) is 7.33. The Morgan fingerprint density at radius 2 is 2.03 bits per heavy atom. The molecule has 3 aromatic rings. The first-order valence-corrected chi connectivity index (χ1v) is 11.1. The molecule has 0 radical (unpaired) electrons. The second kappa shape index (κ2) is 10.4. The molecule has 0 spiro atoms. The summed E-state index contributed by atoms with van der Waals surface area (Å²) in [7, 11) is 1.92. The predicted octanol–water partition coefficient (Wildman–Crippen LogP) is 3.10. The summed E-state index contributed by atoms with van der Waals surface area (Å²) in [6, 6.07) is 7.59. The number of benzene rings is 1. The third kappa shape index (κ3) is 5.35. The van der Waals surface area contributed by atoms with Gasteiger partial charge in [-0.25, -0.2) is 9.97 Å². The lowest BCUT2D eigenvalue weighted by Gasteiger charge is -2.20. The highest BCUT2D eigenvalue weighted by atomic mass is 16.5. The van der Waals surface area contributed by atoms with E-state index in [4.69, 9.17) is 4.74 Å². The molecule has 2 aromatic heterocycles. The van der Waals surface area contributed by atoms with Crippen molar-refractivity contribution in [2.24, 2.45) is 4.99 Å². The summed E-state index contributed by atoms with van der Waals surface area (Å²) < 4.78 is 5.87. The van der Waals surface area contributed by atoms with Crippen LogP contribution in [0.1, 0.15) is 37.7 Å². The fraction of sp³-hybridized carbons (Fsp3) is 0.435. The van der Waals surface area contributed by atoms with Gasteiger partial charge in [0.2, 0.25) is 0 Å². The van der Waals surface area contributed by atoms with Crippen molar-refractivity contribution in [1.82, 2.24) is 20.3 Å². The Bertz CT molecular complexity index is 1070. The minimum Gasteiger partial charge on any atom is -0.494 e. The topological polar surface area (TPSA) is 119 Å². The number of ether oxygens (including phenoxy) is 1. The van der Waals surface area contributed by atoms with E-state index in [1.807, 2.05) is 36.2 Å². The number of aliphatic hydroxyl groups excluding tert-OH is 1. The number of aromatic hydroxyl groups is 1. The van der Waals surface area contributed by atoms with Gasteiger partial charge in [0.25, 0.3) is 0 Å². The van der Waals surface area contributed by atoms with Gasteiger partial charge in [-0.2, -0.15) is 0 Å². The van der Waals surface area contributed by atoms with Crippen molar-refractivity contribution in [3.05, 3.63) is 36.2 Å². The molecule has 9 heteroatoms. The normalized spacial score (nSPS) is 18.9. The quantitative estimate of drug-likeness (QED) is 0.426. The van der Waals surface area contributed by atoms with E-state index >= 15 is 0 Å². The second-order valence-electron chi connectivity index (χ2n) is 8.01. The van der Waals surface area contributed by atoms with Crippen LogP contribution in [0.15, 0.2) is 35.6 Å². The third-order valence-corrected chi connectivity index (χ3v) is 5.58. The minimum atomic E-state index is -0.530. The van der Waals surface area contributed by atoms with Gasteiger partial charge in [0.15, 0.2) is 5.88 Å². The number of nitrogens with one attached hydrogen (secondary N) is 2. The number of aromatic amines is 1. The van der Waals surface area contributed by atoms with E-state index in [2.05, 4.69) is 25.3 Å². The molecule has 4 N–H and O–H groups in total. The third-order valence-electron chi connectivity index (χ3n) is 5.58. The van der Waals surface area contributed by atoms with Gasteiger partial charge in [-0.05, 0) is 31.4 Å². The van der Waals surface area contributed by atoms with Crippen molar-refractivity contribution < 1.29 is 14.9 Å². The smallest absolute Gasteiger partial charge is 0.199 e. The number of nitrogens with zero attached hydrogens (tertiary/aromatic N) is 4. The molecule has 0 amide bonds. The second-order valence-corrected chi connectivity index (χ2v) is 8.01. The summed E-state index contributed by atoms with van der Waals surface area (Å²) >= 11 is 0. The lowest BCUT2D eigenvalue weighted by molar-refractivity contribution is 0.125. The van der Waals surface area contributed by atoms with Crippen molar-refractivity contribution in [3.63, 3.8) is 0 Å². The van der Waals surface area contributed by atoms with Crippen LogP contribution < -0.4 is 15.0 Å². The summed E-state index contributed by atoms with van der Waals surface area (Å²) in [5.41, 5.74) is 1.79. The number of aliphatic hydroxyl groups is 1. The molecule has 1 aliphatic heterocycles. The molecule has 1 unspecified atom stereocenters. The minimum absolute atomic E-state index is 0.0120. The molecule has 170 valence electrons. The maximum Gasteiger partial charge on any atom is 0.199 e. The molecule has 32 heavy (non-hydrogen) atoms. The highest BCUT2D eigenvalue weighted by Gasteiger charge is 2.18. The average Bonchev–Trinajstić information content (AvgIpc) is 3.11. The van der Waals surface area contributed by atoms with Crippen LogP contribution in [0.4, 0.5) is 11.5 Å². The lowest BCUT2D eigenvalue weighted by atomic mass is 10.1. The number of hydrogen-bond acceptors (Lipinski definition) is 8. The summed E-state index contributed by atoms with van der Waals surface area (Å²) in [6.45, 7) is 1.87. The Balaban J connectivity index is 1.66. The summed E-state index contributed by atoms with van der Waals surface area (Å²) in [5, 5.41) is 24.6. The van der Waals surface area contributed by atoms with Gasteiger partial charge < -0.3 is 24.8 Å². The van der Waals surface area contributed by atoms with Gasteiger partial charge in [-0.15, -0.1) is 0 Å². The first-order valence-electron chi connectivity index (χ1n) is 11.1. The van der Waals surface area contributed by atoms with E-state index in [1.165, 1.54) is 6.33 Å². The van der Waals surface area contributed by atoms with Gasteiger partial charge in [-0.1, -0.05) is 18.9 Å². The number of aliphatic imine (C=N–C) groups is 1. The van der Waals surface area contributed by atoms with Crippen LogP contribution in [-0.2, 0) is 0 Å². The SMILES string of the molecule is CN1CCNC(O)CCCCCCOc2cccc(c2)N=Cc2c(O)[nH]c3ncnc1c23. The predicted molar refractivity (Wildman–Crippen MR) is 125 cm³/mol. The maximum atomic E-state index is 10.5. The van der Waals surface area contributed by atoms with Crippen LogP contribution in [0.25, 0.3) is 11.0 Å². The molecular weight excluding hydrogens is 408 g/mol. The highest BCUT2D eigenvalue weighted by molar-refractivity contribution is 6.06. The fourth-order valence-corrected chi connectivity index (χ4v) is 3.81. The van der Waals surface area contributed by atoms with Gasteiger partial charge in [0.1, 0.15) is 29.8 Å². The van der Waals surface area contributed by atoms with Crippen molar-refractivity contribution in [2.45, 2.75) is 38.3 Å². The molecule has 1 aliphatic rings. The number of anilines is 1. The molecule has 3 heterocycles. The number of hydrogen-bond donors (Lipinski definition) is 4. The number of fused-ring (bicyclic) bond motifs is 2. The van der Waals surface area contributed by atoms with E-state index in [0.29, 0.717) is 42.1 Å². The molecule has 0 saturated heterocycles. The summed E-state index contributed by atoms with van der Waals surface area (Å²) in [5.74, 6) is 1.43. The zero-order chi connectivity index (χ0) is 22.3. The van der Waals surface area contributed by atoms with Crippen molar-refractivity contribution in [1.29, 1.82) is 0 Å². The number of aromatic nitrogens is 3. The van der Waals surface area contributed by atoms with E-state index < -0.39 is 6.23 Å². The highest BCUT2D eigenvalue weighted by Crippen LogP contribution is 2.31. The van der Waals surface area contributed by atoms with Gasteiger partial charge in [0, 0.05) is 32.4 Å². The molecule has 2 bridgehead atoms. The first-order chi connectivity index (χ1) is 15.6. The van der Waals surface area contributed by atoms with Crippen LogP contribution in [-0.4, -0.2) is 64.4 Å². The van der Waals surface area contributed by atoms with Gasteiger partial charge >= 0.3 is 0 Å².